The van der Waals surface area contributed by atoms with Crippen LogP contribution < -0.4 is 16.6 Å². The zero-order valence-corrected chi connectivity index (χ0v) is 10.1. The number of amides is 2. The number of hydrazine groups is 1. The van der Waals surface area contributed by atoms with Gasteiger partial charge >= 0.3 is 0 Å². The Labute approximate surface area is 101 Å². The minimum atomic E-state index is -0.311. The van der Waals surface area contributed by atoms with Gasteiger partial charge in [-0.1, -0.05) is 0 Å². The highest BCUT2D eigenvalue weighted by Gasteiger charge is 2.28. The van der Waals surface area contributed by atoms with Crippen molar-refractivity contribution in [1.29, 1.82) is 0 Å². The fourth-order valence-electron chi connectivity index (χ4n) is 1.76. The number of nitrogens with two attached hydrogens (primary N) is 1. The molecule has 0 radical (unpaired) electrons. The first-order valence-corrected chi connectivity index (χ1v) is 5.78. The summed E-state index contributed by atoms with van der Waals surface area (Å²) in [5, 5.41) is 2.76. The quantitative estimate of drug-likeness (QED) is 0.301. The molecule has 0 aromatic heterocycles. The zero-order chi connectivity index (χ0) is 12.7. The molecule has 0 aromatic rings. The normalized spacial score (nSPS) is 20.9. The van der Waals surface area contributed by atoms with E-state index in [0.717, 1.165) is 0 Å². The molecule has 98 valence electrons. The Kier molecular flexibility index (Phi) is 5.88. The molecular weight excluding hydrogens is 224 g/mol. The van der Waals surface area contributed by atoms with Crippen molar-refractivity contribution in [2.45, 2.75) is 19.4 Å². The topological polar surface area (TPSA) is 96.7 Å². The van der Waals surface area contributed by atoms with Gasteiger partial charge in [0.15, 0.2) is 0 Å². The number of nitrogens with one attached hydrogen (secondary N) is 2. The third-order valence-electron chi connectivity index (χ3n) is 2.68. The van der Waals surface area contributed by atoms with Crippen LogP contribution in [0.4, 0.5) is 0 Å². The molecule has 7 nitrogen and oxygen atoms in total. The van der Waals surface area contributed by atoms with Crippen molar-refractivity contribution in [3.8, 4) is 0 Å². The predicted octanol–water partition coefficient (Wildman–Crippen LogP) is -1.80. The van der Waals surface area contributed by atoms with Crippen LogP contribution in [0.15, 0.2) is 0 Å². The molecule has 1 atom stereocenters. The van der Waals surface area contributed by atoms with Gasteiger partial charge in [0.1, 0.15) is 6.04 Å². The molecule has 0 saturated carbocycles. The van der Waals surface area contributed by atoms with E-state index in [1.165, 1.54) is 0 Å². The first-order chi connectivity index (χ1) is 8.19. The van der Waals surface area contributed by atoms with Crippen molar-refractivity contribution in [3.05, 3.63) is 0 Å². The molecule has 1 heterocycles. The smallest absolute Gasteiger partial charge is 0.239 e. The van der Waals surface area contributed by atoms with Crippen LogP contribution in [0.1, 0.15) is 13.3 Å². The monoisotopic (exact) mass is 244 g/mol. The Balaban J connectivity index is 2.47. The van der Waals surface area contributed by atoms with E-state index in [1.807, 2.05) is 11.8 Å². The Bertz CT molecular complexity index is 272. The van der Waals surface area contributed by atoms with Crippen LogP contribution >= 0.6 is 0 Å². The van der Waals surface area contributed by atoms with E-state index in [2.05, 4.69) is 10.7 Å². The highest BCUT2D eigenvalue weighted by molar-refractivity contribution is 5.82. The summed E-state index contributed by atoms with van der Waals surface area (Å²) < 4.78 is 5.29. The number of morpholine rings is 1. The number of likely N-dealkylation sites (N-methyl/N-ethyl adjacent to an activating group) is 1. The van der Waals surface area contributed by atoms with Gasteiger partial charge in [-0.15, -0.1) is 0 Å². The summed E-state index contributed by atoms with van der Waals surface area (Å²) in [6, 6.07) is -0.311. The first kappa shape index (κ1) is 13.9. The molecule has 1 rings (SSSR count). The van der Waals surface area contributed by atoms with E-state index in [4.69, 9.17) is 10.6 Å². The van der Waals surface area contributed by atoms with Crippen molar-refractivity contribution in [2.24, 2.45) is 5.84 Å². The maximum absolute atomic E-state index is 11.8. The molecule has 0 spiro atoms. The van der Waals surface area contributed by atoms with Gasteiger partial charge in [-0.25, -0.2) is 5.84 Å². The van der Waals surface area contributed by atoms with Gasteiger partial charge in [0.05, 0.1) is 13.2 Å². The molecule has 1 unspecified atom stereocenters. The van der Waals surface area contributed by atoms with Crippen LogP contribution in [0.3, 0.4) is 0 Å². The number of hydrogen-bond acceptors (Lipinski definition) is 5. The summed E-state index contributed by atoms with van der Waals surface area (Å²) in [6.45, 7) is 4.57. The molecule has 0 bridgehead atoms. The van der Waals surface area contributed by atoms with E-state index >= 15 is 0 Å². The maximum Gasteiger partial charge on any atom is 0.239 e. The lowest BCUT2D eigenvalue weighted by molar-refractivity contribution is -0.133. The third-order valence-corrected chi connectivity index (χ3v) is 2.68. The summed E-state index contributed by atoms with van der Waals surface area (Å²) in [5.41, 5.74) is 2.08. The zero-order valence-electron chi connectivity index (χ0n) is 10.1. The molecule has 7 heteroatoms. The lowest BCUT2D eigenvalue weighted by atomic mass is 10.2. The highest BCUT2D eigenvalue weighted by atomic mass is 16.5. The minimum absolute atomic E-state index is 0.0552. The second-order valence-electron chi connectivity index (χ2n) is 3.84. The molecule has 0 aliphatic carbocycles. The van der Waals surface area contributed by atoms with Crippen molar-refractivity contribution >= 4 is 11.8 Å². The van der Waals surface area contributed by atoms with Gasteiger partial charge in [-0.2, -0.15) is 0 Å². The van der Waals surface area contributed by atoms with Gasteiger partial charge in [-0.05, 0) is 6.92 Å². The Morgan fingerprint density at radius 2 is 2.29 bits per heavy atom. The van der Waals surface area contributed by atoms with Crippen LogP contribution in [0.2, 0.25) is 0 Å². The maximum atomic E-state index is 11.8. The fourth-order valence-corrected chi connectivity index (χ4v) is 1.76. The number of rotatable bonds is 5. The second kappa shape index (κ2) is 7.21. The van der Waals surface area contributed by atoms with E-state index in [1.54, 1.807) is 0 Å². The number of carbonyl (C=O) groups is 2. The summed E-state index contributed by atoms with van der Waals surface area (Å²) in [6.07, 6.45) is 0.284. The standard InChI is InChI=1S/C10H20N4O3/c1-2-12-10(16)8-7-17-6-5-14(8)4-3-9(15)13-11/h8H,2-7,11H2,1H3,(H,12,16)(H,13,15). The van der Waals surface area contributed by atoms with Gasteiger partial charge in [-0.3, -0.25) is 19.9 Å². The molecule has 1 fully saturated rings. The average Bonchev–Trinajstić information content (AvgIpc) is 2.36. The fraction of sp³-hybridized carbons (Fsp3) is 0.800. The molecule has 1 aliphatic rings. The lowest BCUT2D eigenvalue weighted by Gasteiger charge is -2.34. The number of carbonyl (C=O) groups excluding carboxylic acids is 2. The molecular formula is C10H20N4O3. The van der Waals surface area contributed by atoms with E-state index in [-0.39, 0.29) is 24.3 Å². The number of hydrogen-bond donors (Lipinski definition) is 3. The Morgan fingerprint density at radius 1 is 1.53 bits per heavy atom. The van der Waals surface area contributed by atoms with Gasteiger partial charge < -0.3 is 10.1 Å². The molecule has 17 heavy (non-hydrogen) atoms. The van der Waals surface area contributed by atoms with E-state index < -0.39 is 0 Å². The summed E-state index contributed by atoms with van der Waals surface area (Å²) in [5.74, 6) is 4.72. The largest absolute Gasteiger partial charge is 0.378 e. The predicted molar refractivity (Wildman–Crippen MR) is 61.8 cm³/mol. The highest BCUT2D eigenvalue weighted by Crippen LogP contribution is 2.07. The van der Waals surface area contributed by atoms with Crippen molar-refractivity contribution in [3.63, 3.8) is 0 Å². The number of nitrogens with zero attached hydrogens (tertiary/aromatic N) is 1. The molecule has 4 N–H and O–H groups in total. The van der Waals surface area contributed by atoms with E-state index in [0.29, 0.717) is 32.8 Å². The van der Waals surface area contributed by atoms with Crippen molar-refractivity contribution in [2.75, 3.05) is 32.8 Å². The van der Waals surface area contributed by atoms with Gasteiger partial charge in [0.2, 0.25) is 11.8 Å². The summed E-state index contributed by atoms with van der Waals surface area (Å²) in [7, 11) is 0. The average molecular weight is 244 g/mol. The van der Waals surface area contributed by atoms with E-state index in [9.17, 15) is 9.59 Å². The lowest BCUT2D eigenvalue weighted by Crippen LogP contribution is -2.54. The third kappa shape index (κ3) is 4.29. The number of ether oxygens (including phenoxy) is 1. The Hall–Kier alpha value is -1.18. The molecule has 0 aromatic carbocycles. The summed E-state index contributed by atoms with van der Waals surface area (Å²) >= 11 is 0. The van der Waals surface area contributed by atoms with Crippen molar-refractivity contribution in [1.82, 2.24) is 15.6 Å². The van der Waals surface area contributed by atoms with Gasteiger partial charge in [0.25, 0.3) is 0 Å². The Morgan fingerprint density at radius 3 is 2.94 bits per heavy atom. The molecule has 1 aliphatic heterocycles. The van der Waals surface area contributed by atoms with Gasteiger partial charge in [0, 0.05) is 26.1 Å². The minimum Gasteiger partial charge on any atom is -0.378 e. The van der Waals surface area contributed by atoms with Crippen LogP contribution in [0.5, 0.6) is 0 Å². The van der Waals surface area contributed by atoms with Crippen LogP contribution in [0, 0.1) is 0 Å². The summed E-state index contributed by atoms with van der Waals surface area (Å²) in [4.78, 5) is 24.8. The van der Waals surface area contributed by atoms with Crippen LogP contribution in [-0.2, 0) is 14.3 Å². The second-order valence-corrected chi connectivity index (χ2v) is 3.84. The van der Waals surface area contributed by atoms with Crippen LogP contribution in [0.25, 0.3) is 0 Å². The molecule has 2 amide bonds. The van der Waals surface area contributed by atoms with Crippen LogP contribution in [-0.4, -0.2) is 55.6 Å². The first-order valence-electron chi connectivity index (χ1n) is 5.78. The SMILES string of the molecule is CCNC(=O)C1COCCN1CCC(=O)NN. The van der Waals surface area contributed by atoms with Crippen molar-refractivity contribution < 1.29 is 14.3 Å². The molecule has 1 saturated heterocycles.